The molecule has 4 rings (SSSR count). The Morgan fingerprint density at radius 2 is 1.84 bits per heavy atom. The van der Waals surface area contributed by atoms with Crippen molar-refractivity contribution in [1.29, 1.82) is 0 Å². The lowest BCUT2D eigenvalue weighted by Crippen LogP contribution is -2.42. The van der Waals surface area contributed by atoms with Crippen molar-refractivity contribution in [2.45, 2.75) is 42.3 Å². The molecule has 2 heterocycles. The molecule has 0 spiro atoms. The highest BCUT2D eigenvalue weighted by atomic mass is 32.2. The van der Waals surface area contributed by atoms with Crippen molar-refractivity contribution < 1.29 is 9.18 Å². The number of anilines is 1. The summed E-state index contributed by atoms with van der Waals surface area (Å²) in [6, 6.07) is 16.9. The average molecular weight is 471 g/mol. The van der Waals surface area contributed by atoms with Gasteiger partial charge in [-0.15, -0.1) is 10.2 Å². The fourth-order valence-corrected chi connectivity index (χ4v) is 5.85. The Hall–Kier alpha value is -2.45. The van der Waals surface area contributed by atoms with Crippen LogP contribution in [0.15, 0.2) is 58.9 Å². The molecule has 1 aliphatic heterocycles. The molecule has 3 aromatic rings. The number of carbonyl (C=O) groups is 1. The molecule has 1 saturated heterocycles. The Kier molecular flexibility index (Phi) is 7.76. The highest BCUT2D eigenvalue weighted by Gasteiger charge is 2.27. The average Bonchev–Trinajstić information content (AvgIpc) is 3.26. The predicted molar refractivity (Wildman–Crippen MR) is 128 cm³/mol. The number of piperidine rings is 1. The van der Waals surface area contributed by atoms with Crippen molar-refractivity contribution in [3.8, 4) is 0 Å². The largest absolute Gasteiger partial charge is 0.356 e. The van der Waals surface area contributed by atoms with Gasteiger partial charge in [-0.25, -0.2) is 4.39 Å². The predicted octanol–water partition coefficient (Wildman–Crippen LogP) is 5.25. The van der Waals surface area contributed by atoms with Gasteiger partial charge in [0.15, 0.2) is 4.34 Å². The van der Waals surface area contributed by atoms with Gasteiger partial charge in [-0.05, 0) is 55.4 Å². The van der Waals surface area contributed by atoms with E-state index < -0.39 is 0 Å². The second-order valence-electron chi connectivity index (χ2n) is 8.07. The Morgan fingerprint density at radius 1 is 1.12 bits per heavy atom. The molecule has 1 fully saturated rings. The lowest BCUT2D eigenvalue weighted by Gasteiger charge is -2.33. The van der Waals surface area contributed by atoms with Crippen LogP contribution in [-0.4, -0.2) is 39.3 Å². The number of rotatable bonds is 8. The molecular weight excluding hydrogens is 443 g/mol. The minimum absolute atomic E-state index is 0.171. The summed E-state index contributed by atoms with van der Waals surface area (Å²) in [5.41, 5.74) is 2.34. The molecule has 1 amide bonds. The maximum atomic E-state index is 13.0. The third-order valence-corrected chi connectivity index (χ3v) is 7.73. The minimum Gasteiger partial charge on any atom is -0.356 e. The molecule has 0 saturated carbocycles. The molecule has 168 valence electrons. The zero-order valence-electron chi connectivity index (χ0n) is 18.0. The first-order valence-corrected chi connectivity index (χ1v) is 12.6. The Morgan fingerprint density at radius 3 is 2.56 bits per heavy atom. The fraction of sp³-hybridized carbons (Fsp3) is 0.375. The van der Waals surface area contributed by atoms with Gasteiger partial charge in [0.2, 0.25) is 11.0 Å². The van der Waals surface area contributed by atoms with Gasteiger partial charge in [-0.2, -0.15) is 0 Å². The molecule has 0 bridgehead atoms. The number of thioether (sulfide) groups is 1. The fourth-order valence-electron chi connectivity index (χ4n) is 3.87. The summed E-state index contributed by atoms with van der Waals surface area (Å²) in [6.45, 7) is 4.13. The lowest BCUT2D eigenvalue weighted by atomic mass is 9.90. The number of likely N-dealkylation sites (tertiary alicyclic amines) is 1. The second-order valence-corrected chi connectivity index (χ2v) is 10.6. The molecule has 1 aromatic heterocycles. The van der Waals surface area contributed by atoms with Crippen molar-refractivity contribution in [1.82, 2.24) is 15.1 Å². The Labute approximate surface area is 196 Å². The summed E-state index contributed by atoms with van der Waals surface area (Å²) >= 11 is 2.89. The van der Waals surface area contributed by atoms with Crippen LogP contribution in [-0.2, 0) is 17.8 Å². The molecule has 32 heavy (non-hydrogen) atoms. The van der Waals surface area contributed by atoms with Crippen LogP contribution < -0.4 is 5.32 Å². The summed E-state index contributed by atoms with van der Waals surface area (Å²) in [5.74, 6) is 0.564. The van der Waals surface area contributed by atoms with E-state index in [1.807, 2.05) is 17.9 Å². The van der Waals surface area contributed by atoms with Crippen molar-refractivity contribution in [3.05, 3.63) is 71.5 Å². The van der Waals surface area contributed by atoms with E-state index in [4.69, 9.17) is 0 Å². The molecule has 8 heteroatoms. The smallest absolute Gasteiger partial charge is 0.235 e. The first-order chi connectivity index (χ1) is 15.6. The lowest BCUT2D eigenvalue weighted by molar-refractivity contribution is -0.131. The molecule has 0 radical (unpaired) electrons. The molecule has 1 atom stereocenters. The summed E-state index contributed by atoms with van der Waals surface area (Å²) in [6.07, 6.45) is 3.19. The number of benzene rings is 2. The molecular formula is C24H27FN4OS2. The van der Waals surface area contributed by atoms with E-state index in [0.717, 1.165) is 42.3 Å². The van der Waals surface area contributed by atoms with E-state index in [1.54, 1.807) is 12.1 Å². The first kappa shape index (κ1) is 22.7. The third kappa shape index (κ3) is 6.29. The molecule has 5 nitrogen and oxygen atoms in total. The number of nitrogens with one attached hydrogen (secondary N) is 1. The minimum atomic E-state index is -0.248. The number of aromatic nitrogens is 2. The summed E-state index contributed by atoms with van der Waals surface area (Å²) in [7, 11) is 0. The van der Waals surface area contributed by atoms with Gasteiger partial charge in [0.05, 0.1) is 5.25 Å². The number of hydrogen-bond donors (Lipinski definition) is 1. The van der Waals surface area contributed by atoms with Crippen molar-refractivity contribution >= 4 is 34.1 Å². The summed E-state index contributed by atoms with van der Waals surface area (Å²) in [4.78, 5) is 14.9. The topological polar surface area (TPSA) is 58.1 Å². The van der Waals surface area contributed by atoms with E-state index in [2.05, 4.69) is 39.8 Å². The van der Waals surface area contributed by atoms with Gasteiger partial charge in [0.1, 0.15) is 5.82 Å². The van der Waals surface area contributed by atoms with Crippen molar-refractivity contribution in [3.63, 3.8) is 0 Å². The number of nitrogens with zero attached hydrogens (tertiary/aromatic N) is 3. The first-order valence-electron chi connectivity index (χ1n) is 10.9. The molecule has 1 N–H and O–H groups in total. The normalized spacial score (nSPS) is 15.5. The highest BCUT2D eigenvalue weighted by molar-refractivity contribution is 8.02. The van der Waals surface area contributed by atoms with Gasteiger partial charge in [0, 0.05) is 19.6 Å². The zero-order chi connectivity index (χ0) is 22.3. The Bertz CT molecular complexity index is 1000. The monoisotopic (exact) mass is 470 g/mol. The molecule has 1 aliphatic rings. The van der Waals surface area contributed by atoms with Crippen LogP contribution in [0, 0.1) is 11.7 Å². The third-order valence-electron chi connectivity index (χ3n) is 5.68. The molecule has 2 aromatic carbocycles. The van der Waals surface area contributed by atoms with Gasteiger partial charge in [-0.1, -0.05) is 65.6 Å². The maximum Gasteiger partial charge on any atom is 0.235 e. The molecule has 1 unspecified atom stereocenters. The quantitative estimate of drug-likeness (QED) is 0.456. The van der Waals surface area contributed by atoms with Gasteiger partial charge < -0.3 is 10.2 Å². The van der Waals surface area contributed by atoms with E-state index in [0.29, 0.717) is 17.6 Å². The summed E-state index contributed by atoms with van der Waals surface area (Å²) in [5, 5.41) is 12.1. The van der Waals surface area contributed by atoms with Crippen LogP contribution in [0.5, 0.6) is 0 Å². The van der Waals surface area contributed by atoms with Crippen LogP contribution >= 0.6 is 23.1 Å². The number of amides is 1. The number of halogens is 1. The van der Waals surface area contributed by atoms with E-state index in [1.165, 1.54) is 40.8 Å². The van der Waals surface area contributed by atoms with Crippen LogP contribution in [0.2, 0.25) is 0 Å². The maximum absolute atomic E-state index is 13.0. The number of carbonyl (C=O) groups excluding carboxylic acids is 1. The molecule has 0 aliphatic carbocycles. The van der Waals surface area contributed by atoms with Crippen LogP contribution in [0.4, 0.5) is 9.52 Å². The highest BCUT2D eigenvalue weighted by Crippen LogP contribution is 2.31. The standard InChI is InChI=1S/C24H27FN4OS2/c1-17(22(30)29-13-11-19(12-14-29)15-18-5-3-2-4-6-18)31-24-28-27-23(32-24)26-16-20-7-9-21(25)10-8-20/h2-10,17,19H,11-16H2,1H3,(H,26,27). The zero-order valence-corrected chi connectivity index (χ0v) is 19.7. The van der Waals surface area contributed by atoms with E-state index in [9.17, 15) is 9.18 Å². The van der Waals surface area contributed by atoms with Crippen LogP contribution in [0.1, 0.15) is 30.9 Å². The van der Waals surface area contributed by atoms with E-state index >= 15 is 0 Å². The van der Waals surface area contributed by atoms with E-state index in [-0.39, 0.29) is 17.0 Å². The number of hydrogen-bond acceptors (Lipinski definition) is 6. The SMILES string of the molecule is CC(Sc1nnc(NCc2ccc(F)cc2)s1)C(=O)N1CCC(Cc2ccccc2)CC1. The van der Waals surface area contributed by atoms with Crippen molar-refractivity contribution in [2.24, 2.45) is 5.92 Å². The van der Waals surface area contributed by atoms with Gasteiger partial charge in [-0.3, -0.25) is 4.79 Å². The van der Waals surface area contributed by atoms with Crippen LogP contribution in [0.25, 0.3) is 0 Å². The van der Waals surface area contributed by atoms with Gasteiger partial charge >= 0.3 is 0 Å². The Balaban J connectivity index is 1.22. The van der Waals surface area contributed by atoms with Crippen molar-refractivity contribution in [2.75, 3.05) is 18.4 Å². The van der Waals surface area contributed by atoms with Crippen LogP contribution in [0.3, 0.4) is 0 Å². The van der Waals surface area contributed by atoms with Gasteiger partial charge in [0.25, 0.3) is 0 Å². The second kappa shape index (κ2) is 10.9. The summed E-state index contributed by atoms with van der Waals surface area (Å²) < 4.78 is 13.8.